The van der Waals surface area contributed by atoms with Crippen molar-refractivity contribution in [3.63, 3.8) is 0 Å². The van der Waals surface area contributed by atoms with E-state index in [0.717, 1.165) is 12.6 Å². The van der Waals surface area contributed by atoms with Gasteiger partial charge in [0.25, 0.3) is 0 Å². The third-order valence-electron chi connectivity index (χ3n) is 4.25. The zero-order chi connectivity index (χ0) is 11.9. The second-order valence-corrected chi connectivity index (χ2v) is 5.82. The smallest absolute Gasteiger partial charge is 0.0605 e. The molecule has 0 radical (unpaired) electrons. The molecule has 3 heteroatoms. The Kier molecular flexibility index (Phi) is 6.10. The van der Waals surface area contributed by atoms with E-state index < -0.39 is 0 Å². The number of halogens is 1. The highest BCUT2D eigenvalue weighted by atomic mass is 35.5. The lowest BCUT2D eigenvalue weighted by Gasteiger charge is -2.37. The largest absolute Gasteiger partial charge is 0.377 e. The van der Waals surface area contributed by atoms with E-state index in [1.807, 2.05) is 0 Å². The molecule has 0 aromatic heterocycles. The fraction of sp³-hybridized carbons (Fsp3) is 1.00. The minimum Gasteiger partial charge on any atom is -0.377 e. The summed E-state index contributed by atoms with van der Waals surface area (Å²) in [6.45, 7) is 3.19. The molecule has 0 aromatic rings. The van der Waals surface area contributed by atoms with Crippen LogP contribution >= 0.6 is 11.6 Å². The number of likely N-dealkylation sites (tertiary alicyclic amines) is 1. The Bertz CT molecular complexity index is 196. The summed E-state index contributed by atoms with van der Waals surface area (Å²) in [6, 6.07) is 0.867. The number of rotatable bonds is 4. The zero-order valence-corrected chi connectivity index (χ0v) is 11.6. The van der Waals surface area contributed by atoms with Gasteiger partial charge in [-0.25, -0.2) is 0 Å². The van der Waals surface area contributed by atoms with Crippen molar-refractivity contribution in [3.05, 3.63) is 0 Å². The Morgan fingerprint density at radius 3 is 2.18 bits per heavy atom. The fourth-order valence-electron chi connectivity index (χ4n) is 3.24. The summed E-state index contributed by atoms with van der Waals surface area (Å²) < 4.78 is 5.73. The van der Waals surface area contributed by atoms with Crippen LogP contribution in [0.25, 0.3) is 0 Å². The van der Waals surface area contributed by atoms with Crippen molar-refractivity contribution in [1.82, 2.24) is 4.90 Å². The first-order chi connectivity index (χ1) is 8.40. The van der Waals surface area contributed by atoms with Crippen LogP contribution in [0.4, 0.5) is 0 Å². The molecule has 0 atom stereocenters. The lowest BCUT2D eigenvalue weighted by atomic mass is 10.0. The van der Waals surface area contributed by atoms with Crippen molar-refractivity contribution in [2.75, 3.05) is 25.6 Å². The Morgan fingerprint density at radius 1 is 0.941 bits per heavy atom. The molecular formula is C14H26ClNO. The molecule has 1 saturated heterocycles. The lowest BCUT2D eigenvalue weighted by molar-refractivity contribution is 0.00308. The third kappa shape index (κ3) is 4.42. The van der Waals surface area contributed by atoms with Crippen LogP contribution in [0.1, 0.15) is 51.4 Å². The van der Waals surface area contributed by atoms with Crippen LogP contribution in [0.15, 0.2) is 0 Å². The highest BCUT2D eigenvalue weighted by Crippen LogP contribution is 2.25. The van der Waals surface area contributed by atoms with E-state index >= 15 is 0 Å². The number of hydrogen-bond acceptors (Lipinski definition) is 2. The van der Waals surface area contributed by atoms with Gasteiger partial charge in [0, 0.05) is 25.0 Å². The van der Waals surface area contributed by atoms with Gasteiger partial charge in [-0.1, -0.05) is 25.7 Å². The fourth-order valence-corrected chi connectivity index (χ4v) is 3.33. The average Bonchev–Trinajstić information content (AvgIpc) is 2.66. The molecule has 17 heavy (non-hydrogen) atoms. The number of nitrogens with zero attached hydrogens (tertiary/aromatic N) is 1. The maximum atomic E-state index is 5.73. The summed E-state index contributed by atoms with van der Waals surface area (Å²) in [7, 11) is 0. The first-order valence-corrected chi connectivity index (χ1v) is 7.85. The highest BCUT2D eigenvalue weighted by molar-refractivity contribution is 6.17. The molecular weight excluding hydrogens is 234 g/mol. The number of hydrogen-bond donors (Lipinski definition) is 0. The number of ether oxygens (including phenoxy) is 1. The van der Waals surface area contributed by atoms with Crippen LogP contribution < -0.4 is 0 Å². The summed E-state index contributed by atoms with van der Waals surface area (Å²) in [5.41, 5.74) is 0. The van der Waals surface area contributed by atoms with Gasteiger partial charge in [-0.15, -0.1) is 11.6 Å². The molecule has 100 valence electrons. The number of alkyl halides is 1. The van der Waals surface area contributed by atoms with Gasteiger partial charge in [-0.3, -0.25) is 0 Å². The van der Waals surface area contributed by atoms with Gasteiger partial charge in [-0.2, -0.15) is 0 Å². The summed E-state index contributed by atoms with van der Waals surface area (Å²) >= 11 is 5.65. The maximum Gasteiger partial charge on any atom is 0.0605 e. The summed E-state index contributed by atoms with van der Waals surface area (Å²) in [6.07, 6.45) is 11.5. The molecule has 0 spiro atoms. The van der Waals surface area contributed by atoms with Gasteiger partial charge in [0.2, 0.25) is 0 Å². The van der Waals surface area contributed by atoms with Crippen molar-refractivity contribution in [2.45, 2.75) is 63.5 Å². The van der Waals surface area contributed by atoms with Crippen LogP contribution in [0, 0.1) is 0 Å². The predicted octanol–water partition coefficient (Wildman–Crippen LogP) is 3.43. The van der Waals surface area contributed by atoms with Gasteiger partial charge < -0.3 is 9.64 Å². The van der Waals surface area contributed by atoms with Crippen molar-refractivity contribution >= 4 is 11.6 Å². The van der Waals surface area contributed by atoms with Crippen LogP contribution in [0.3, 0.4) is 0 Å². The Labute approximate surface area is 111 Å². The average molecular weight is 260 g/mol. The van der Waals surface area contributed by atoms with Gasteiger partial charge in [0.15, 0.2) is 0 Å². The quantitative estimate of drug-likeness (QED) is 0.567. The summed E-state index contributed by atoms with van der Waals surface area (Å²) in [4.78, 5) is 2.71. The highest BCUT2D eigenvalue weighted by Gasteiger charge is 2.25. The predicted molar refractivity (Wildman–Crippen MR) is 72.8 cm³/mol. The molecule has 0 bridgehead atoms. The monoisotopic (exact) mass is 259 g/mol. The molecule has 1 aliphatic heterocycles. The zero-order valence-electron chi connectivity index (χ0n) is 10.9. The second-order valence-electron chi connectivity index (χ2n) is 5.44. The third-order valence-corrected chi connectivity index (χ3v) is 4.40. The van der Waals surface area contributed by atoms with E-state index in [1.165, 1.54) is 64.5 Å². The molecule has 2 rings (SSSR count). The van der Waals surface area contributed by atoms with Crippen LogP contribution in [-0.2, 0) is 4.74 Å². The SMILES string of the molecule is ClCCOC1CCN(C2CCCCCC2)CC1. The van der Waals surface area contributed by atoms with E-state index in [0.29, 0.717) is 12.0 Å². The second kappa shape index (κ2) is 7.60. The molecule has 2 aliphatic rings. The Hall–Kier alpha value is 0.210. The molecule has 1 heterocycles. The molecule has 0 unspecified atom stereocenters. The van der Waals surface area contributed by atoms with E-state index in [2.05, 4.69) is 4.90 Å². The van der Waals surface area contributed by atoms with E-state index in [-0.39, 0.29) is 0 Å². The van der Waals surface area contributed by atoms with Crippen molar-refractivity contribution in [3.8, 4) is 0 Å². The van der Waals surface area contributed by atoms with Gasteiger partial charge in [-0.05, 0) is 25.7 Å². The Balaban J connectivity index is 1.70. The molecule has 0 aromatic carbocycles. The van der Waals surface area contributed by atoms with Gasteiger partial charge in [0.1, 0.15) is 0 Å². The maximum absolute atomic E-state index is 5.73. The molecule has 2 fully saturated rings. The molecule has 0 N–H and O–H groups in total. The van der Waals surface area contributed by atoms with Gasteiger partial charge >= 0.3 is 0 Å². The van der Waals surface area contributed by atoms with Crippen molar-refractivity contribution in [1.29, 1.82) is 0 Å². The van der Waals surface area contributed by atoms with Crippen LogP contribution in [-0.4, -0.2) is 42.6 Å². The standard InChI is InChI=1S/C14H26ClNO/c15-9-12-17-14-7-10-16(11-8-14)13-5-3-1-2-4-6-13/h13-14H,1-12H2. The van der Waals surface area contributed by atoms with Gasteiger partial charge in [0.05, 0.1) is 12.7 Å². The molecule has 1 saturated carbocycles. The van der Waals surface area contributed by atoms with Crippen LogP contribution in [0.5, 0.6) is 0 Å². The molecule has 0 amide bonds. The van der Waals surface area contributed by atoms with E-state index in [1.54, 1.807) is 0 Å². The first-order valence-electron chi connectivity index (χ1n) is 7.32. The summed E-state index contributed by atoms with van der Waals surface area (Å²) in [5, 5.41) is 0. The minimum absolute atomic E-state index is 0.468. The van der Waals surface area contributed by atoms with Crippen LogP contribution in [0.2, 0.25) is 0 Å². The van der Waals surface area contributed by atoms with E-state index in [9.17, 15) is 0 Å². The minimum atomic E-state index is 0.468. The first kappa shape index (κ1) is 13.6. The molecule has 1 aliphatic carbocycles. The van der Waals surface area contributed by atoms with E-state index in [4.69, 9.17) is 16.3 Å². The normalized spacial score (nSPS) is 25.9. The molecule has 2 nitrogen and oxygen atoms in total. The number of piperidine rings is 1. The Morgan fingerprint density at radius 2 is 1.59 bits per heavy atom. The lowest BCUT2D eigenvalue weighted by Crippen LogP contribution is -2.43. The summed E-state index contributed by atoms with van der Waals surface area (Å²) in [5.74, 6) is 0.628. The van der Waals surface area contributed by atoms with Crippen molar-refractivity contribution < 1.29 is 4.74 Å². The topological polar surface area (TPSA) is 12.5 Å². The van der Waals surface area contributed by atoms with Crippen molar-refractivity contribution in [2.24, 2.45) is 0 Å².